The lowest BCUT2D eigenvalue weighted by molar-refractivity contribution is 0.0904. The highest BCUT2D eigenvalue weighted by molar-refractivity contribution is 6.42. The van der Waals surface area contributed by atoms with Crippen molar-refractivity contribution in [2.45, 2.75) is 19.3 Å². The summed E-state index contributed by atoms with van der Waals surface area (Å²) >= 11 is 11.9. The van der Waals surface area contributed by atoms with Gasteiger partial charge in [-0.15, -0.1) is 0 Å². The summed E-state index contributed by atoms with van der Waals surface area (Å²) in [5.41, 5.74) is 1.87. The molecular formula is C12H13Cl2N. The summed E-state index contributed by atoms with van der Waals surface area (Å²) in [6.07, 6.45) is 4.23. The summed E-state index contributed by atoms with van der Waals surface area (Å²) in [6.45, 7) is 2.40. The first-order valence-electron chi connectivity index (χ1n) is 5.39. The third-order valence-electron chi connectivity index (χ3n) is 3.74. The second-order valence-electron chi connectivity index (χ2n) is 4.81. The van der Waals surface area contributed by atoms with Crippen molar-refractivity contribution >= 4 is 28.9 Å². The smallest absolute Gasteiger partial charge is 0.0612 e. The van der Waals surface area contributed by atoms with Crippen LogP contribution in [0, 0.1) is 5.41 Å². The summed E-state index contributed by atoms with van der Waals surface area (Å²) < 4.78 is 0. The Morgan fingerprint density at radius 3 is 2.33 bits per heavy atom. The maximum absolute atomic E-state index is 6.00. The lowest BCUT2D eigenvalue weighted by Gasteiger charge is -2.57. The van der Waals surface area contributed by atoms with Gasteiger partial charge in [0.05, 0.1) is 10.0 Å². The lowest BCUT2D eigenvalue weighted by atomic mass is 9.63. The van der Waals surface area contributed by atoms with Crippen LogP contribution in [-0.2, 0) is 0 Å². The molecule has 0 bridgehead atoms. The van der Waals surface area contributed by atoms with Crippen molar-refractivity contribution < 1.29 is 0 Å². The molecule has 3 heteroatoms. The first-order valence-corrected chi connectivity index (χ1v) is 6.14. The van der Waals surface area contributed by atoms with Gasteiger partial charge in [-0.25, -0.2) is 0 Å². The molecule has 2 aliphatic rings. The SMILES string of the molecule is Clc1ccc(N2CC3(CCC3)C2)cc1Cl. The van der Waals surface area contributed by atoms with Crippen molar-refractivity contribution in [2.24, 2.45) is 5.41 Å². The van der Waals surface area contributed by atoms with Gasteiger partial charge in [-0.05, 0) is 31.0 Å². The second kappa shape index (κ2) is 3.29. The van der Waals surface area contributed by atoms with Gasteiger partial charge in [0.2, 0.25) is 0 Å². The Morgan fingerprint density at radius 1 is 1.07 bits per heavy atom. The number of nitrogens with zero attached hydrogens (tertiary/aromatic N) is 1. The minimum atomic E-state index is 0.638. The average molecular weight is 242 g/mol. The monoisotopic (exact) mass is 241 g/mol. The minimum absolute atomic E-state index is 0.638. The fourth-order valence-corrected chi connectivity index (χ4v) is 2.91. The standard InChI is InChI=1S/C12H13Cl2N/c13-10-3-2-9(6-11(10)14)15-7-12(8-15)4-1-5-12/h2-3,6H,1,4-5,7-8H2. The van der Waals surface area contributed by atoms with Crippen molar-refractivity contribution in [3.8, 4) is 0 Å². The van der Waals surface area contributed by atoms with Crippen LogP contribution < -0.4 is 4.90 Å². The molecule has 2 fully saturated rings. The van der Waals surface area contributed by atoms with E-state index in [0.29, 0.717) is 15.5 Å². The molecule has 1 spiro atoms. The number of hydrogen-bond acceptors (Lipinski definition) is 1. The third-order valence-corrected chi connectivity index (χ3v) is 4.47. The number of rotatable bonds is 1. The summed E-state index contributed by atoms with van der Waals surface area (Å²) in [5, 5.41) is 1.29. The molecular weight excluding hydrogens is 229 g/mol. The molecule has 1 nitrogen and oxygen atoms in total. The fraction of sp³-hybridized carbons (Fsp3) is 0.500. The van der Waals surface area contributed by atoms with Gasteiger partial charge in [0.15, 0.2) is 0 Å². The van der Waals surface area contributed by atoms with Gasteiger partial charge < -0.3 is 4.90 Å². The van der Waals surface area contributed by atoms with Crippen LogP contribution in [0.15, 0.2) is 18.2 Å². The lowest BCUT2D eigenvalue weighted by Crippen LogP contribution is -2.59. The molecule has 0 atom stereocenters. The Hall–Kier alpha value is -0.400. The summed E-state index contributed by atoms with van der Waals surface area (Å²) in [6, 6.07) is 5.90. The summed E-state index contributed by atoms with van der Waals surface area (Å²) in [5.74, 6) is 0. The first kappa shape index (κ1) is 9.80. The largest absolute Gasteiger partial charge is 0.370 e. The van der Waals surface area contributed by atoms with Crippen LogP contribution in [-0.4, -0.2) is 13.1 Å². The van der Waals surface area contributed by atoms with Gasteiger partial charge in [-0.1, -0.05) is 29.6 Å². The molecule has 0 amide bonds. The van der Waals surface area contributed by atoms with Crippen LogP contribution in [0.1, 0.15) is 19.3 Å². The Morgan fingerprint density at radius 2 is 1.80 bits per heavy atom. The van der Waals surface area contributed by atoms with Crippen LogP contribution >= 0.6 is 23.2 Å². The van der Waals surface area contributed by atoms with Gasteiger partial charge in [0.25, 0.3) is 0 Å². The van der Waals surface area contributed by atoms with E-state index in [1.165, 1.54) is 38.0 Å². The van der Waals surface area contributed by atoms with Crippen LogP contribution in [0.2, 0.25) is 10.0 Å². The predicted octanol–water partition coefficient (Wildman–Crippen LogP) is 3.98. The van der Waals surface area contributed by atoms with Gasteiger partial charge in [-0.3, -0.25) is 0 Å². The van der Waals surface area contributed by atoms with Crippen molar-refractivity contribution in [1.29, 1.82) is 0 Å². The molecule has 0 radical (unpaired) electrons. The molecule has 1 saturated carbocycles. The molecule has 1 aromatic rings. The maximum Gasteiger partial charge on any atom is 0.0612 e. The maximum atomic E-state index is 6.00. The van der Waals surface area contributed by atoms with Crippen LogP contribution in [0.4, 0.5) is 5.69 Å². The molecule has 15 heavy (non-hydrogen) atoms. The van der Waals surface area contributed by atoms with E-state index < -0.39 is 0 Å². The van der Waals surface area contributed by atoms with E-state index in [0.717, 1.165) is 0 Å². The normalized spacial score (nSPS) is 22.4. The van der Waals surface area contributed by atoms with Crippen molar-refractivity contribution in [3.05, 3.63) is 28.2 Å². The third kappa shape index (κ3) is 1.53. The molecule has 0 aromatic heterocycles. The molecule has 0 unspecified atom stereocenters. The summed E-state index contributed by atoms with van der Waals surface area (Å²) in [7, 11) is 0. The number of benzene rings is 1. The van der Waals surface area contributed by atoms with Crippen molar-refractivity contribution in [3.63, 3.8) is 0 Å². The Labute approximate surface area is 100.0 Å². The number of anilines is 1. The molecule has 1 saturated heterocycles. The molecule has 1 aliphatic carbocycles. The van der Waals surface area contributed by atoms with E-state index in [9.17, 15) is 0 Å². The summed E-state index contributed by atoms with van der Waals surface area (Å²) in [4.78, 5) is 2.39. The van der Waals surface area contributed by atoms with Crippen molar-refractivity contribution in [1.82, 2.24) is 0 Å². The van der Waals surface area contributed by atoms with Gasteiger partial charge in [0, 0.05) is 24.2 Å². The van der Waals surface area contributed by atoms with Crippen LogP contribution in [0.5, 0.6) is 0 Å². The quantitative estimate of drug-likeness (QED) is 0.719. The Kier molecular flexibility index (Phi) is 2.15. The topological polar surface area (TPSA) is 3.24 Å². The zero-order chi connectivity index (χ0) is 10.5. The van der Waals surface area contributed by atoms with E-state index in [2.05, 4.69) is 11.0 Å². The Balaban J connectivity index is 1.75. The molecule has 1 aliphatic heterocycles. The number of halogens is 2. The van der Waals surface area contributed by atoms with Crippen LogP contribution in [0.3, 0.4) is 0 Å². The highest BCUT2D eigenvalue weighted by atomic mass is 35.5. The molecule has 3 rings (SSSR count). The fourth-order valence-electron chi connectivity index (χ4n) is 2.62. The first-order chi connectivity index (χ1) is 7.19. The zero-order valence-corrected chi connectivity index (χ0v) is 9.98. The van der Waals surface area contributed by atoms with Crippen molar-refractivity contribution in [2.75, 3.05) is 18.0 Å². The van der Waals surface area contributed by atoms with Crippen LogP contribution in [0.25, 0.3) is 0 Å². The molecule has 0 N–H and O–H groups in total. The van der Waals surface area contributed by atoms with E-state index in [1.807, 2.05) is 12.1 Å². The van der Waals surface area contributed by atoms with E-state index in [-0.39, 0.29) is 0 Å². The molecule has 1 heterocycles. The van der Waals surface area contributed by atoms with Gasteiger partial charge in [0.1, 0.15) is 0 Å². The molecule has 1 aromatic carbocycles. The van der Waals surface area contributed by atoms with E-state index in [1.54, 1.807) is 0 Å². The second-order valence-corrected chi connectivity index (χ2v) is 5.62. The highest BCUT2D eigenvalue weighted by Gasteiger charge is 2.47. The molecule has 80 valence electrons. The highest BCUT2D eigenvalue weighted by Crippen LogP contribution is 2.49. The average Bonchev–Trinajstić information content (AvgIpc) is 2.06. The Bertz CT molecular complexity index is 391. The van der Waals surface area contributed by atoms with E-state index in [4.69, 9.17) is 23.2 Å². The van der Waals surface area contributed by atoms with Gasteiger partial charge >= 0.3 is 0 Å². The van der Waals surface area contributed by atoms with E-state index >= 15 is 0 Å². The predicted molar refractivity (Wildman–Crippen MR) is 65.0 cm³/mol. The zero-order valence-electron chi connectivity index (χ0n) is 8.47. The minimum Gasteiger partial charge on any atom is -0.370 e. The number of hydrogen-bond donors (Lipinski definition) is 0. The van der Waals surface area contributed by atoms with Gasteiger partial charge in [-0.2, -0.15) is 0 Å².